The fraction of sp³-hybridized carbons (Fsp3) is 0.278. The smallest absolute Gasteiger partial charge is 0.319 e. The zero-order valence-electron chi connectivity index (χ0n) is 14.4. The number of rotatable bonds is 7. The van der Waals surface area contributed by atoms with Crippen molar-refractivity contribution in [1.82, 2.24) is 5.32 Å². The third-order valence-corrected chi connectivity index (χ3v) is 3.53. The van der Waals surface area contributed by atoms with Crippen LogP contribution in [0.15, 0.2) is 36.4 Å². The molecule has 0 aromatic heterocycles. The molecule has 0 atom stereocenters. The molecule has 0 fully saturated rings. The number of hydrogen-bond acceptors (Lipinski definition) is 4. The quantitative estimate of drug-likeness (QED) is 0.806. The van der Waals surface area contributed by atoms with Gasteiger partial charge in [0.25, 0.3) is 0 Å². The Kier molecular flexibility index (Phi) is 6.45. The van der Waals surface area contributed by atoms with E-state index >= 15 is 0 Å². The van der Waals surface area contributed by atoms with Gasteiger partial charge in [-0.05, 0) is 48.4 Å². The Morgan fingerprint density at radius 3 is 2.12 bits per heavy atom. The van der Waals surface area contributed by atoms with Gasteiger partial charge < -0.3 is 24.8 Å². The first kappa shape index (κ1) is 18.4. The number of nitrogens with one attached hydrogen (secondary N) is 2. The van der Waals surface area contributed by atoms with E-state index in [2.05, 4.69) is 10.6 Å². The van der Waals surface area contributed by atoms with Crippen LogP contribution >= 0.6 is 0 Å². The van der Waals surface area contributed by atoms with Crippen LogP contribution < -0.4 is 24.8 Å². The number of halogens is 1. The van der Waals surface area contributed by atoms with Gasteiger partial charge in [-0.2, -0.15) is 0 Å². The lowest BCUT2D eigenvalue weighted by Crippen LogP contribution is -2.30. The lowest BCUT2D eigenvalue weighted by molar-refractivity contribution is 0.252. The van der Waals surface area contributed by atoms with Crippen LogP contribution in [0.1, 0.15) is 5.56 Å². The van der Waals surface area contributed by atoms with Crippen LogP contribution in [0.2, 0.25) is 0 Å². The summed E-state index contributed by atoms with van der Waals surface area (Å²) in [6.45, 7) is 0.408. The minimum absolute atomic E-state index is 0.353. The van der Waals surface area contributed by atoms with Crippen LogP contribution in [-0.2, 0) is 6.42 Å². The lowest BCUT2D eigenvalue weighted by atomic mass is 10.1. The summed E-state index contributed by atoms with van der Waals surface area (Å²) >= 11 is 0. The molecular formula is C18H21FN2O4. The second-order valence-corrected chi connectivity index (χ2v) is 5.17. The molecule has 25 heavy (non-hydrogen) atoms. The minimum Gasteiger partial charge on any atom is -0.493 e. The van der Waals surface area contributed by atoms with E-state index in [9.17, 15) is 9.18 Å². The monoisotopic (exact) mass is 348 g/mol. The Hall–Kier alpha value is -2.96. The summed E-state index contributed by atoms with van der Waals surface area (Å²) in [6, 6.07) is 8.86. The number of ether oxygens (including phenoxy) is 3. The number of carbonyl (C=O) groups excluding carboxylic acids is 1. The molecule has 134 valence electrons. The molecule has 0 bridgehead atoms. The number of anilines is 1. The van der Waals surface area contributed by atoms with Gasteiger partial charge >= 0.3 is 6.03 Å². The Labute approximate surface area is 145 Å². The largest absolute Gasteiger partial charge is 0.493 e. The molecule has 0 aliphatic rings. The van der Waals surface area contributed by atoms with Crippen LogP contribution in [0.3, 0.4) is 0 Å². The van der Waals surface area contributed by atoms with Crippen molar-refractivity contribution in [3.63, 3.8) is 0 Å². The van der Waals surface area contributed by atoms with Crippen molar-refractivity contribution in [2.24, 2.45) is 0 Å². The number of carbonyl (C=O) groups is 1. The molecule has 0 saturated heterocycles. The first-order valence-electron chi connectivity index (χ1n) is 7.66. The highest BCUT2D eigenvalue weighted by Crippen LogP contribution is 2.38. The second-order valence-electron chi connectivity index (χ2n) is 5.17. The van der Waals surface area contributed by atoms with E-state index in [1.54, 1.807) is 21.3 Å². The average molecular weight is 348 g/mol. The van der Waals surface area contributed by atoms with E-state index in [0.29, 0.717) is 35.9 Å². The maximum Gasteiger partial charge on any atom is 0.319 e. The van der Waals surface area contributed by atoms with Crippen LogP contribution in [0.4, 0.5) is 14.9 Å². The molecule has 0 spiro atoms. The number of hydrogen-bond donors (Lipinski definition) is 2. The molecule has 2 rings (SSSR count). The number of amides is 2. The molecular weight excluding hydrogens is 327 g/mol. The van der Waals surface area contributed by atoms with Gasteiger partial charge in [-0.25, -0.2) is 9.18 Å². The van der Waals surface area contributed by atoms with E-state index in [1.807, 2.05) is 12.1 Å². The molecule has 7 heteroatoms. The van der Waals surface area contributed by atoms with Crippen molar-refractivity contribution < 1.29 is 23.4 Å². The van der Waals surface area contributed by atoms with Gasteiger partial charge in [0.2, 0.25) is 5.75 Å². The zero-order valence-corrected chi connectivity index (χ0v) is 14.4. The molecule has 0 heterocycles. The van der Waals surface area contributed by atoms with E-state index in [4.69, 9.17) is 14.2 Å². The number of methoxy groups -OCH3 is 3. The summed E-state index contributed by atoms with van der Waals surface area (Å²) in [4.78, 5) is 11.8. The van der Waals surface area contributed by atoms with Gasteiger partial charge in [0.15, 0.2) is 11.5 Å². The van der Waals surface area contributed by atoms with Gasteiger partial charge in [0.05, 0.1) is 21.3 Å². The minimum atomic E-state index is -0.362. The fourth-order valence-corrected chi connectivity index (χ4v) is 2.31. The van der Waals surface area contributed by atoms with Gasteiger partial charge in [-0.3, -0.25) is 0 Å². The third kappa shape index (κ3) is 5.00. The topological polar surface area (TPSA) is 68.8 Å². The molecule has 0 unspecified atom stereocenters. The summed E-state index contributed by atoms with van der Waals surface area (Å²) in [5, 5.41) is 5.37. The highest BCUT2D eigenvalue weighted by Gasteiger charge is 2.13. The van der Waals surface area contributed by atoms with E-state index < -0.39 is 0 Å². The Morgan fingerprint density at radius 2 is 1.60 bits per heavy atom. The number of urea groups is 1. The molecule has 0 aliphatic heterocycles. The summed E-state index contributed by atoms with van der Waals surface area (Å²) in [7, 11) is 4.65. The Morgan fingerprint density at radius 1 is 1.00 bits per heavy atom. The van der Waals surface area contributed by atoms with Crippen LogP contribution in [0, 0.1) is 5.82 Å². The lowest BCUT2D eigenvalue weighted by Gasteiger charge is -2.14. The van der Waals surface area contributed by atoms with Crippen molar-refractivity contribution in [3.8, 4) is 17.2 Å². The van der Waals surface area contributed by atoms with Gasteiger partial charge in [0, 0.05) is 12.2 Å². The van der Waals surface area contributed by atoms with Crippen molar-refractivity contribution in [2.45, 2.75) is 6.42 Å². The van der Waals surface area contributed by atoms with E-state index in [0.717, 1.165) is 5.56 Å². The van der Waals surface area contributed by atoms with Crippen molar-refractivity contribution in [3.05, 3.63) is 47.8 Å². The van der Waals surface area contributed by atoms with E-state index in [-0.39, 0.29) is 11.8 Å². The maximum atomic E-state index is 12.8. The standard InChI is InChI=1S/C18H21FN2O4/c1-23-15-10-12(11-16(24-2)17(15)25-3)8-9-20-18(22)21-14-6-4-13(19)5-7-14/h4-7,10-11H,8-9H2,1-3H3,(H2,20,21,22). The maximum absolute atomic E-state index is 12.8. The van der Waals surface area contributed by atoms with Crippen LogP contribution in [0.5, 0.6) is 17.2 Å². The molecule has 0 aliphatic carbocycles. The summed E-state index contributed by atoms with van der Waals surface area (Å²) in [6.07, 6.45) is 0.577. The summed E-state index contributed by atoms with van der Waals surface area (Å²) in [5.74, 6) is 1.30. The summed E-state index contributed by atoms with van der Waals surface area (Å²) < 4.78 is 28.7. The molecule has 2 N–H and O–H groups in total. The zero-order chi connectivity index (χ0) is 18.2. The van der Waals surface area contributed by atoms with E-state index in [1.165, 1.54) is 24.3 Å². The van der Waals surface area contributed by atoms with Gasteiger partial charge in [0.1, 0.15) is 5.82 Å². The SMILES string of the molecule is COc1cc(CCNC(=O)Nc2ccc(F)cc2)cc(OC)c1OC. The molecule has 2 aromatic rings. The predicted octanol–water partition coefficient (Wildman–Crippen LogP) is 3.22. The summed E-state index contributed by atoms with van der Waals surface area (Å²) in [5.41, 5.74) is 1.45. The van der Waals surface area contributed by atoms with Crippen molar-refractivity contribution in [2.75, 3.05) is 33.2 Å². The Balaban J connectivity index is 1.92. The van der Waals surface area contributed by atoms with Crippen LogP contribution in [-0.4, -0.2) is 33.9 Å². The number of benzene rings is 2. The van der Waals surface area contributed by atoms with Crippen LogP contribution in [0.25, 0.3) is 0 Å². The molecule has 6 nitrogen and oxygen atoms in total. The molecule has 2 aromatic carbocycles. The second kappa shape index (κ2) is 8.77. The first-order chi connectivity index (χ1) is 12.1. The first-order valence-corrected chi connectivity index (χ1v) is 7.66. The van der Waals surface area contributed by atoms with Gasteiger partial charge in [-0.1, -0.05) is 0 Å². The normalized spacial score (nSPS) is 10.1. The Bertz CT molecular complexity index is 695. The molecule has 0 radical (unpaired) electrons. The third-order valence-electron chi connectivity index (χ3n) is 3.53. The van der Waals surface area contributed by atoms with Gasteiger partial charge in [-0.15, -0.1) is 0 Å². The fourth-order valence-electron chi connectivity index (χ4n) is 2.31. The molecule has 0 saturated carbocycles. The van der Waals surface area contributed by atoms with Crippen molar-refractivity contribution in [1.29, 1.82) is 0 Å². The molecule has 2 amide bonds. The highest BCUT2D eigenvalue weighted by atomic mass is 19.1. The van der Waals surface area contributed by atoms with Crippen molar-refractivity contribution >= 4 is 11.7 Å². The predicted molar refractivity (Wildman–Crippen MR) is 93.2 cm³/mol. The average Bonchev–Trinajstić information content (AvgIpc) is 2.62. The highest BCUT2D eigenvalue weighted by molar-refractivity contribution is 5.89.